The highest BCUT2D eigenvalue weighted by atomic mass is 32.2. The van der Waals surface area contributed by atoms with Crippen LogP contribution in [0.1, 0.15) is 27.2 Å². The summed E-state index contributed by atoms with van der Waals surface area (Å²) in [4.78, 5) is 8.32. The molecular weight excluding hydrogens is 206 g/mol. The smallest absolute Gasteiger partial charge is 0.130 e. The van der Waals surface area contributed by atoms with Gasteiger partial charge in [0, 0.05) is 12.6 Å². The van der Waals surface area contributed by atoms with Gasteiger partial charge in [-0.1, -0.05) is 20.8 Å². The Bertz CT molecular complexity index is 312. The third-order valence-electron chi connectivity index (χ3n) is 2.56. The minimum absolute atomic E-state index is 0.310. The van der Waals surface area contributed by atoms with Crippen molar-refractivity contribution in [3.63, 3.8) is 0 Å². The molecule has 4 heteroatoms. The molecule has 15 heavy (non-hydrogen) atoms. The standard InChI is InChI=1S/C11H19N3S/c1-5-11(2,3)7-12-9-6-10(15-4)14-8-13-9/h6,8H,5,7H2,1-4H3,(H,12,13,14). The molecule has 0 aliphatic heterocycles. The summed E-state index contributed by atoms with van der Waals surface area (Å²) >= 11 is 1.63. The van der Waals surface area contributed by atoms with Crippen LogP contribution >= 0.6 is 11.8 Å². The Morgan fingerprint density at radius 3 is 2.73 bits per heavy atom. The summed E-state index contributed by atoms with van der Waals surface area (Å²) in [6.45, 7) is 7.64. The molecule has 0 unspecified atom stereocenters. The molecule has 0 saturated carbocycles. The third kappa shape index (κ3) is 4.08. The van der Waals surface area contributed by atoms with Gasteiger partial charge in [-0.25, -0.2) is 9.97 Å². The van der Waals surface area contributed by atoms with Crippen LogP contribution in [0.3, 0.4) is 0 Å². The molecule has 0 fully saturated rings. The first-order valence-electron chi connectivity index (χ1n) is 5.17. The fraction of sp³-hybridized carbons (Fsp3) is 0.636. The van der Waals surface area contributed by atoms with Gasteiger partial charge in [0.25, 0.3) is 0 Å². The largest absolute Gasteiger partial charge is 0.369 e. The predicted molar refractivity (Wildman–Crippen MR) is 66.4 cm³/mol. The Balaban J connectivity index is 2.57. The molecule has 84 valence electrons. The van der Waals surface area contributed by atoms with Crippen LogP contribution in [0.15, 0.2) is 17.4 Å². The van der Waals surface area contributed by atoms with Crippen LogP contribution in [-0.4, -0.2) is 22.8 Å². The molecule has 0 amide bonds. The average Bonchev–Trinajstić information content (AvgIpc) is 2.27. The molecule has 0 aromatic carbocycles. The summed E-state index contributed by atoms with van der Waals surface area (Å²) in [6, 6.07) is 1.98. The molecule has 1 rings (SSSR count). The number of hydrogen-bond donors (Lipinski definition) is 1. The molecule has 1 N–H and O–H groups in total. The Hall–Kier alpha value is -0.770. The van der Waals surface area contributed by atoms with Gasteiger partial charge in [0.15, 0.2) is 0 Å². The summed E-state index contributed by atoms with van der Waals surface area (Å²) in [7, 11) is 0. The normalized spacial score (nSPS) is 11.5. The van der Waals surface area contributed by atoms with E-state index >= 15 is 0 Å². The van der Waals surface area contributed by atoms with E-state index in [9.17, 15) is 0 Å². The maximum atomic E-state index is 4.19. The highest BCUT2D eigenvalue weighted by Gasteiger charge is 2.14. The van der Waals surface area contributed by atoms with Gasteiger partial charge in [-0.2, -0.15) is 0 Å². The van der Waals surface area contributed by atoms with E-state index in [0.29, 0.717) is 5.41 Å². The first kappa shape index (κ1) is 12.3. The molecule has 0 radical (unpaired) electrons. The number of nitrogens with zero attached hydrogens (tertiary/aromatic N) is 2. The second-order valence-corrected chi connectivity index (χ2v) is 5.14. The van der Waals surface area contributed by atoms with Crippen molar-refractivity contribution in [2.75, 3.05) is 18.1 Å². The van der Waals surface area contributed by atoms with Crippen molar-refractivity contribution in [2.24, 2.45) is 5.41 Å². The second-order valence-electron chi connectivity index (χ2n) is 4.32. The highest BCUT2D eigenvalue weighted by molar-refractivity contribution is 7.98. The maximum absolute atomic E-state index is 4.19. The summed E-state index contributed by atoms with van der Waals surface area (Å²) in [5.41, 5.74) is 0.310. The van der Waals surface area contributed by atoms with E-state index in [4.69, 9.17) is 0 Å². The van der Waals surface area contributed by atoms with Crippen LogP contribution in [0.25, 0.3) is 0 Å². The summed E-state index contributed by atoms with van der Waals surface area (Å²) in [5.74, 6) is 0.913. The quantitative estimate of drug-likeness (QED) is 0.617. The fourth-order valence-electron chi connectivity index (χ4n) is 1.00. The second kappa shape index (κ2) is 5.35. The number of thioether (sulfide) groups is 1. The number of rotatable bonds is 5. The van der Waals surface area contributed by atoms with Gasteiger partial charge in [0.1, 0.15) is 17.2 Å². The molecule has 0 bridgehead atoms. The van der Waals surface area contributed by atoms with Crippen LogP contribution in [0.4, 0.5) is 5.82 Å². The fourth-order valence-corrected chi connectivity index (χ4v) is 1.38. The molecule has 0 saturated heterocycles. The molecule has 1 aromatic rings. The molecule has 0 aliphatic carbocycles. The molecule has 0 aliphatic rings. The number of aromatic nitrogens is 2. The molecule has 0 atom stereocenters. The summed E-state index contributed by atoms with van der Waals surface area (Å²) < 4.78 is 0. The zero-order valence-electron chi connectivity index (χ0n) is 9.87. The number of hydrogen-bond acceptors (Lipinski definition) is 4. The Kier molecular flexibility index (Phi) is 4.39. The average molecular weight is 225 g/mol. The Morgan fingerprint density at radius 2 is 2.13 bits per heavy atom. The Morgan fingerprint density at radius 1 is 1.40 bits per heavy atom. The van der Waals surface area contributed by atoms with Crippen LogP contribution < -0.4 is 5.32 Å². The minimum Gasteiger partial charge on any atom is -0.369 e. The molecule has 0 spiro atoms. The van der Waals surface area contributed by atoms with Crippen molar-refractivity contribution in [2.45, 2.75) is 32.2 Å². The van der Waals surface area contributed by atoms with Crippen molar-refractivity contribution >= 4 is 17.6 Å². The van der Waals surface area contributed by atoms with Crippen molar-refractivity contribution < 1.29 is 0 Å². The van der Waals surface area contributed by atoms with Gasteiger partial charge in [0.2, 0.25) is 0 Å². The van der Waals surface area contributed by atoms with E-state index in [1.807, 2.05) is 12.3 Å². The lowest BCUT2D eigenvalue weighted by molar-refractivity contribution is 0.376. The first-order valence-corrected chi connectivity index (χ1v) is 6.40. The zero-order valence-corrected chi connectivity index (χ0v) is 10.7. The van der Waals surface area contributed by atoms with Gasteiger partial charge in [0.05, 0.1) is 0 Å². The third-order valence-corrected chi connectivity index (χ3v) is 3.20. The number of nitrogens with one attached hydrogen (secondary N) is 1. The lowest BCUT2D eigenvalue weighted by Gasteiger charge is -2.23. The van der Waals surface area contributed by atoms with Crippen LogP contribution in [0.5, 0.6) is 0 Å². The van der Waals surface area contributed by atoms with E-state index in [2.05, 4.69) is 36.1 Å². The van der Waals surface area contributed by atoms with Crippen molar-refractivity contribution in [1.29, 1.82) is 0 Å². The lowest BCUT2D eigenvalue weighted by Crippen LogP contribution is -2.22. The molecule has 3 nitrogen and oxygen atoms in total. The van der Waals surface area contributed by atoms with E-state index in [1.165, 1.54) is 0 Å². The van der Waals surface area contributed by atoms with Crippen LogP contribution in [-0.2, 0) is 0 Å². The molecular formula is C11H19N3S. The van der Waals surface area contributed by atoms with E-state index in [1.54, 1.807) is 18.1 Å². The number of anilines is 1. The Labute approximate surface area is 96.1 Å². The predicted octanol–water partition coefficient (Wildman–Crippen LogP) is 3.05. The minimum atomic E-state index is 0.310. The molecule has 1 aromatic heterocycles. The van der Waals surface area contributed by atoms with Gasteiger partial charge < -0.3 is 5.32 Å². The van der Waals surface area contributed by atoms with Gasteiger partial charge in [-0.05, 0) is 18.1 Å². The zero-order chi connectivity index (χ0) is 11.3. The molecule has 1 heterocycles. The van der Waals surface area contributed by atoms with E-state index < -0.39 is 0 Å². The summed E-state index contributed by atoms with van der Waals surface area (Å²) in [6.07, 6.45) is 4.77. The van der Waals surface area contributed by atoms with Crippen molar-refractivity contribution in [3.8, 4) is 0 Å². The topological polar surface area (TPSA) is 37.8 Å². The van der Waals surface area contributed by atoms with Crippen molar-refractivity contribution in [3.05, 3.63) is 12.4 Å². The van der Waals surface area contributed by atoms with Gasteiger partial charge in [-0.3, -0.25) is 0 Å². The van der Waals surface area contributed by atoms with Gasteiger partial charge in [-0.15, -0.1) is 11.8 Å². The van der Waals surface area contributed by atoms with E-state index in [0.717, 1.165) is 23.8 Å². The van der Waals surface area contributed by atoms with Crippen molar-refractivity contribution in [1.82, 2.24) is 9.97 Å². The lowest BCUT2D eigenvalue weighted by atomic mass is 9.90. The maximum Gasteiger partial charge on any atom is 0.130 e. The van der Waals surface area contributed by atoms with Crippen LogP contribution in [0.2, 0.25) is 0 Å². The monoisotopic (exact) mass is 225 g/mol. The van der Waals surface area contributed by atoms with Crippen LogP contribution in [0, 0.1) is 5.41 Å². The first-order chi connectivity index (χ1) is 7.07. The van der Waals surface area contributed by atoms with E-state index in [-0.39, 0.29) is 0 Å². The highest BCUT2D eigenvalue weighted by Crippen LogP contribution is 2.20. The summed E-state index contributed by atoms with van der Waals surface area (Å²) in [5, 5.41) is 4.35. The van der Waals surface area contributed by atoms with Gasteiger partial charge >= 0.3 is 0 Å². The SMILES string of the molecule is CCC(C)(C)CNc1cc(SC)ncn1.